The van der Waals surface area contributed by atoms with E-state index in [1.165, 1.54) is 0 Å². The van der Waals surface area contributed by atoms with Crippen LogP contribution in [-0.4, -0.2) is 58.8 Å². The maximum Gasteiger partial charge on any atom is 0.317 e. The monoisotopic (exact) mass is 341 g/mol. The smallest absolute Gasteiger partial charge is 0.317 e. The minimum atomic E-state index is 0.0153. The average molecular weight is 341 g/mol. The number of carbonyl (C=O) groups is 1. The largest absolute Gasteiger partial charge is 0.334 e. The Bertz CT molecular complexity index is 725. The summed E-state index contributed by atoms with van der Waals surface area (Å²) in [6, 6.07) is 10.1. The molecule has 0 radical (unpaired) electrons. The highest BCUT2D eigenvalue weighted by atomic mass is 16.2. The molecule has 2 heterocycles. The Balaban J connectivity index is 1.67. The number of likely N-dealkylation sites (N-methyl/N-ethyl adjacent to an activating group) is 1. The molecule has 0 saturated carbocycles. The topological polar surface area (TPSA) is 53.4 Å². The van der Waals surface area contributed by atoms with Gasteiger partial charge in [-0.3, -0.25) is 0 Å². The van der Waals surface area contributed by atoms with Crippen molar-refractivity contribution in [1.29, 1.82) is 0 Å². The second-order valence-corrected chi connectivity index (χ2v) is 6.70. The zero-order valence-corrected chi connectivity index (χ0v) is 15.3. The van der Waals surface area contributed by atoms with Gasteiger partial charge in [-0.15, -0.1) is 0 Å². The normalized spacial score (nSPS) is 15.9. The van der Waals surface area contributed by atoms with Crippen molar-refractivity contribution in [2.24, 2.45) is 0 Å². The zero-order valence-electron chi connectivity index (χ0n) is 15.3. The molecule has 0 atom stereocenters. The van der Waals surface area contributed by atoms with E-state index in [1.807, 2.05) is 46.8 Å². The molecule has 1 aliphatic rings. The Morgan fingerprint density at radius 2 is 1.88 bits per heavy atom. The predicted octanol–water partition coefficient (Wildman–Crippen LogP) is 2.34. The van der Waals surface area contributed by atoms with Crippen LogP contribution in [0, 0.1) is 13.8 Å². The minimum absolute atomic E-state index is 0.0153. The fourth-order valence-electron chi connectivity index (χ4n) is 3.28. The van der Waals surface area contributed by atoms with Crippen LogP contribution in [0.25, 0.3) is 5.69 Å². The molecule has 25 heavy (non-hydrogen) atoms. The number of urea groups is 1. The number of aromatic nitrogens is 2. The highest BCUT2D eigenvalue weighted by molar-refractivity contribution is 5.74. The average Bonchev–Trinajstić information content (AvgIpc) is 2.76. The number of para-hydroxylation sites is 1. The van der Waals surface area contributed by atoms with Gasteiger partial charge in [0.25, 0.3) is 0 Å². The number of hydrogen-bond acceptors (Lipinski definition) is 3. The van der Waals surface area contributed by atoms with Gasteiger partial charge in [-0.05, 0) is 46.0 Å². The van der Waals surface area contributed by atoms with Gasteiger partial charge in [-0.1, -0.05) is 18.2 Å². The fourth-order valence-corrected chi connectivity index (χ4v) is 3.28. The second kappa shape index (κ2) is 7.70. The van der Waals surface area contributed by atoms with Crippen LogP contribution in [0.5, 0.6) is 0 Å². The van der Waals surface area contributed by atoms with Gasteiger partial charge in [0.1, 0.15) is 0 Å². The summed E-state index contributed by atoms with van der Waals surface area (Å²) < 4.78 is 1.94. The maximum atomic E-state index is 12.5. The molecule has 2 amide bonds. The lowest BCUT2D eigenvalue weighted by Crippen LogP contribution is -2.41. The molecule has 6 heteroatoms. The molecule has 1 aromatic heterocycles. The van der Waals surface area contributed by atoms with Crippen molar-refractivity contribution in [3.8, 4) is 5.69 Å². The number of benzene rings is 1. The minimum Gasteiger partial charge on any atom is -0.334 e. The summed E-state index contributed by atoms with van der Waals surface area (Å²) in [4.78, 5) is 16.7. The Morgan fingerprint density at radius 3 is 2.64 bits per heavy atom. The maximum absolute atomic E-state index is 12.5. The fraction of sp³-hybridized carbons (Fsp3) is 0.474. The highest BCUT2D eigenvalue weighted by Crippen LogP contribution is 2.17. The van der Waals surface area contributed by atoms with Crippen molar-refractivity contribution in [2.75, 3.05) is 33.2 Å². The summed E-state index contributed by atoms with van der Waals surface area (Å²) in [5.41, 5.74) is 4.15. The van der Waals surface area contributed by atoms with E-state index in [-0.39, 0.29) is 6.03 Å². The first-order valence-electron chi connectivity index (χ1n) is 8.88. The molecule has 1 aliphatic heterocycles. The number of hydrogen-bond donors (Lipinski definition) is 1. The van der Waals surface area contributed by atoms with E-state index in [1.54, 1.807) is 0 Å². The number of amides is 2. The molecule has 0 spiro atoms. The van der Waals surface area contributed by atoms with Gasteiger partial charge in [0, 0.05) is 37.4 Å². The Hall–Kier alpha value is -2.34. The lowest BCUT2D eigenvalue weighted by atomic mass is 10.2. The molecule has 134 valence electrons. The molecule has 0 aliphatic carbocycles. The van der Waals surface area contributed by atoms with E-state index < -0.39 is 0 Å². The SMILES string of the molecule is Cc1nn(-c2ccccc2)c(C)c1CNC(=O)N1CCCN(C)CC1. The van der Waals surface area contributed by atoms with Gasteiger partial charge in [0.2, 0.25) is 0 Å². The first-order valence-corrected chi connectivity index (χ1v) is 8.88. The summed E-state index contributed by atoms with van der Waals surface area (Å²) >= 11 is 0. The number of nitrogens with one attached hydrogen (secondary N) is 1. The van der Waals surface area contributed by atoms with Crippen LogP contribution in [0.2, 0.25) is 0 Å². The van der Waals surface area contributed by atoms with Crippen LogP contribution in [-0.2, 0) is 6.54 Å². The summed E-state index contributed by atoms with van der Waals surface area (Å²) in [7, 11) is 2.10. The van der Waals surface area contributed by atoms with E-state index >= 15 is 0 Å². The third-order valence-corrected chi connectivity index (χ3v) is 4.87. The molecule has 0 bridgehead atoms. The second-order valence-electron chi connectivity index (χ2n) is 6.70. The summed E-state index contributed by atoms with van der Waals surface area (Å²) in [5.74, 6) is 0. The molecule has 1 fully saturated rings. The van der Waals surface area contributed by atoms with Crippen LogP contribution >= 0.6 is 0 Å². The van der Waals surface area contributed by atoms with E-state index in [0.29, 0.717) is 6.54 Å². The Morgan fingerprint density at radius 1 is 1.12 bits per heavy atom. The molecule has 0 unspecified atom stereocenters. The van der Waals surface area contributed by atoms with Gasteiger partial charge in [-0.25, -0.2) is 9.48 Å². The van der Waals surface area contributed by atoms with Gasteiger partial charge in [0.15, 0.2) is 0 Å². The first kappa shape index (κ1) is 17.5. The number of rotatable bonds is 3. The predicted molar refractivity (Wildman–Crippen MR) is 99.0 cm³/mol. The molecule has 6 nitrogen and oxygen atoms in total. The van der Waals surface area contributed by atoms with Gasteiger partial charge in [0.05, 0.1) is 11.4 Å². The van der Waals surface area contributed by atoms with Gasteiger partial charge < -0.3 is 15.1 Å². The third-order valence-electron chi connectivity index (χ3n) is 4.87. The molecule has 3 rings (SSSR count). The van der Waals surface area contributed by atoms with Crippen molar-refractivity contribution in [2.45, 2.75) is 26.8 Å². The van der Waals surface area contributed by atoms with Crippen molar-refractivity contribution < 1.29 is 4.79 Å². The summed E-state index contributed by atoms with van der Waals surface area (Å²) in [6.07, 6.45) is 1.02. The highest BCUT2D eigenvalue weighted by Gasteiger charge is 2.19. The van der Waals surface area contributed by atoms with E-state index in [0.717, 1.165) is 55.2 Å². The Kier molecular flexibility index (Phi) is 5.38. The van der Waals surface area contributed by atoms with Crippen molar-refractivity contribution in [3.63, 3.8) is 0 Å². The first-order chi connectivity index (χ1) is 12.1. The molecular formula is C19H27N5O. The Labute approximate surface area is 149 Å². The van der Waals surface area contributed by atoms with Crippen LogP contribution < -0.4 is 5.32 Å². The number of aryl methyl sites for hydroxylation is 1. The third kappa shape index (κ3) is 4.02. The summed E-state index contributed by atoms with van der Waals surface area (Å²) in [5, 5.41) is 7.71. The van der Waals surface area contributed by atoms with Crippen LogP contribution in [0.15, 0.2) is 30.3 Å². The lowest BCUT2D eigenvalue weighted by Gasteiger charge is -2.21. The molecule has 2 aromatic rings. The van der Waals surface area contributed by atoms with E-state index in [2.05, 4.69) is 29.3 Å². The van der Waals surface area contributed by atoms with Crippen LogP contribution in [0.3, 0.4) is 0 Å². The number of carbonyl (C=O) groups excluding carboxylic acids is 1. The van der Waals surface area contributed by atoms with Gasteiger partial charge in [-0.2, -0.15) is 5.10 Å². The van der Waals surface area contributed by atoms with Crippen LogP contribution in [0.1, 0.15) is 23.4 Å². The molecule has 1 N–H and O–H groups in total. The van der Waals surface area contributed by atoms with E-state index in [4.69, 9.17) is 0 Å². The summed E-state index contributed by atoms with van der Waals surface area (Å²) in [6.45, 7) is 8.13. The molecule has 1 saturated heterocycles. The molecule has 1 aromatic carbocycles. The van der Waals surface area contributed by atoms with Crippen LogP contribution in [0.4, 0.5) is 4.79 Å². The van der Waals surface area contributed by atoms with Crippen molar-refractivity contribution >= 4 is 6.03 Å². The van der Waals surface area contributed by atoms with Crippen molar-refractivity contribution in [3.05, 3.63) is 47.3 Å². The molecular weight excluding hydrogens is 314 g/mol. The van der Waals surface area contributed by atoms with E-state index in [9.17, 15) is 4.79 Å². The lowest BCUT2D eigenvalue weighted by molar-refractivity contribution is 0.199. The standard InChI is InChI=1S/C19H27N5O/c1-15-18(16(2)24(21-15)17-8-5-4-6-9-17)14-20-19(25)23-11-7-10-22(3)12-13-23/h4-6,8-9H,7,10-14H2,1-3H3,(H,20,25). The zero-order chi connectivity index (χ0) is 17.8. The quantitative estimate of drug-likeness (QED) is 0.932. The van der Waals surface area contributed by atoms with Crippen molar-refractivity contribution in [1.82, 2.24) is 24.9 Å². The van der Waals surface area contributed by atoms with Gasteiger partial charge >= 0.3 is 6.03 Å². The number of nitrogens with zero attached hydrogens (tertiary/aromatic N) is 4.